The average Bonchev–Trinajstić information content (AvgIpc) is 3.29. The van der Waals surface area contributed by atoms with E-state index in [2.05, 4.69) is 51.6 Å². The number of unbranched alkanes of at least 4 members (excludes halogenated alkanes) is 2. The van der Waals surface area contributed by atoms with Crippen LogP contribution in [0.15, 0.2) is 90.1 Å². The Morgan fingerprint density at radius 1 is 0.968 bits per heavy atom. The normalized spacial score (nSPS) is 25.6. The number of nitrogens with zero attached hydrogens (tertiary/aromatic N) is 2. The molecule has 2 N–H and O–H groups in total. The molecule has 2 fully saturated rings. The SMILES string of the molecule is C=CCOC12Oc3ccc(Oc4ccc(C)c(C)c4)cc3C3C(CCCCO)C(CCCCO)C=C(C(=NOC4CCCCO4)CC1N(CCC)C(=O)Cc1cccc(OC)c1)C32. The van der Waals surface area contributed by atoms with Gasteiger partial charge in [0.05, 0.1) is 38.4 Å². The first-order valence-electron chi connectivity index (χ1n) is 23.3. The van der Waals surface area contributed by atoms with Crippen molar-refractivity contribution >= 4 is 11.6 Å². The number of hydrogen-bond acceptors (Lipinski definition) is 10. The Hall–Kier alpha value is -4.68. The van der Waals surface area contributed by atoms with Crippen molar-refractivity contribution in [3.8, 4) is 23.0 Å². The molecular weight excluding hydrogens is 797 g/mol. The zero-order valence-electron chi connectivity index (χ0n) is 37.8. The highest BCUT2D eigenvalue weighted by molar-refractivity contribution is 6.03. The molecule has 7 atom stereocenters. The molecule has 340 valence electrons. The van der Waals surface area contributed by atoms with E-state index < -0.39 is 24.0 Å². The standard InChI is InChI=1S/C52H68N2O9/c1-6-24-54(48(57)31-37-15-14-17-39(30-37)58-5)47-34-45(53-63-49-19-10-13-28-59-49)43-32-38(16-8-11-25-55)42(18-9-12-26-56)50-44-33-41(61-40-21-20-35(3)36(4)29-40)22-23-46(44)62-52(47,51(43)50)60-27-7-2/h7,14-15,17,20-23,29-30,32-33,38,42,47,49-51,55-56H,2,6,8-13,16,18-19,24-28,31,34H2,1,3-5H3. The highest BCUT2D eigenvalue weighted by atomic mass is 16.8. The third kappa shape index (κ3) is 10.5. The maximum absolute atomic E-state index is 15.0. The summed E-state index contributed by atoms with van der Waals surface area (Å²) in [6.45, 7) is 11.8. The molecule has 0 radical (unpaired) electrons. The van der Waals surface area contributed by atoms with Gasteiger partial charge in [0.1, 0.15) is 29.0 Å². The van der Waals surface area contributed by atoms with Crippen LogP contribution in [0.3, 0.4) is 0 Å². The molecule has 7 unspecified atom stereocenters. The number of allylic oxidation sites excluding steroid dienone is 1. The Labute approximate surface area is 374 Å². The molecule has 4 aliphatic rings. The van der Waals surface area contributed by atoms with Gasteiger partial charge in [-0.3, -0.25) is 4.79 Å². The van der Waals surface area contributed by atoms with Gasteiger partial charge < -0.3 is 43.6 Å². The Kier molecular flexibility index (Phi) is 16.0. The van der Waals surface area contributed by atoms with Crippen LogP contribution in [0.5, 0.6) is 23.0 Å². The molecule has 0 spiro atoms. The maximum Gasteiger partial charge on any atom is 0.239 e. The molecule has 2 aliphatic heterocycles. The van der Waals surface area contributed by atoms with E-state index in [1.165, 1.54) is 5.56 Å². The first-order valence-corrected chi connectivity index (χ1v) is 23.3. The average molecular weight is 865 g/mol. The van der Waals surface area contributed by atoms with Crippen molar-refractivity contribution in [3.05, 3.63) is 107 Å². The highest BCUT2D eigenvalue weighted by Crippen LogP contribution is 2.62. The number of hydrogen-bond donors (Lipinski definition) is 2. The molecule has 2 heterocycles. The van der Waals surface area contributed by atoms with Gasteiger partial charge in [0.2, 0.25) is 18.0 Å². The van der Waals surface area contributed by atoms with Crippen LogP contribution < -0.4 is 14.2 Å². The fraction of sp³-hybridized carbons (Fsp3) is 0.538. The fourth-order valence-corrected chi connectivity index (χ4v) is 10.3. The van der Waals surface area contributed by atoms with Crippen molar-refractivity contribution in [2.45, 2.75) is 122 Å². The second-order valence-electron chi connectivity index (χ2n) is 17.6. The van der Waals surface area contributed by atoms with Gasteiger partial charge in [0.15, 0.2) is 0 Å². The molecule has 0 bridgehead atoms. The maximum atomic E-state index is 15.0. The van der Waals surface area contributed by atoms with Gasteiger partial charge in [-0.25, -0.2) is 0 Å². The van der Waals surface area contributed by atoms with Crippen LogP contribution in [0.2, 0.25) is 0 Å². The van der Waals surface area contributed by atoms with Crippen molar-refractivity contribution in [2.75, 3.05) is 40.1 Å². The lowest BCUT2D eigenvalue weighted by molar-refractivity contribution is -0.257. The van der Waals surface area contributed by atoms with Crippen molar-refractivity contribution in [1.29, 1.82) is 0 Å². The number of oxime groups is 1. The number of aliphatic hydroxyl groups excluding tert-OH is 2. The predicted octanol–water partition coefficient (Wildman–Crippen LogP) is 9.75. The lowest BCUT2D eigenvalue weighted by Gasteiger charge is -2.60. The summed E-state index contributed by atoms with van der Waals surface area (Å²) < 4.78 is 32.8. The molecule has 11 heteroatoms. The molecule has 1 amide bonds. The Morgan fingerprint density at radius 2 is 1.76 bits per heavy atom. The van der Waals surface area contributed by atoms with Crippen molar-refractivity contribution in [3.63, 3.8) is 0 Å². The Balaban J connectivity index is 1.43. The van der Waals surface area contributed by atoms with Gasteiger partial charge in [0.25, 0.3) is 0 Å². The third-order valence-corrected chi connectivity index (χ3v) is 13.4. The number of methoxy groups -OCH3 is 1. The number of aliphatic hydroxyl groups is 2. The third-order valence-electron chi connectivity index (χ3n) is 13.4. The van der Waals surface area contributed by atoms with Gasteiger partial charge in [-0.1, -0.05) is 55.3 Å². The monoisotopic (exact) mass is 864 g/mol. The number of carbonyl (C=O) groups is 1. The van der Waals surface area contributed by atoms with Crippen molar-refractivity contribution in [1.82, 2.24) is 4.90 Å². The molecular formula is C52H68N2O9. The molecule has 11 nitrogen and oxygen atoms in total. The minimum atomic E-state index is -1.35. The fourth-order valence-electron chi connectivity index (χ4n) is 10.3. The van der Waals surface area contributed by atoms with E-state index >= 15 is 0 Å². The number of aryl methyl sites for hydroxylation is 2. The molecule has 1 saturated heterocycles. The van der Waals surface area contributed by atoms with Crippen LogP contribution in [0.25, 0.3) is 0 Å². The van der Waals surface area contributed by atoms with Crippen molar-refractivity contribution in [2.24, 2.45) is 22.9 Å². The number of fused-ring (bicyclic) bond motifs is 2. The summed E-state index contributed by atoms with van der Waals surface area (Å²) in [7, 11) is 1.63. The lowest BCUT2D eigenvalue weighted by atomic mass is 9.55. The van der Waals surface area contributed by atoms with Crippen molar-refractivity contribution < 1.29 is 43.5 Å². The number of rotatable bonds is 21. The molecule has 63 heavy (non-hydrogen) atoms. The highest BCUT2D eigenvalue weighted by Gasteiger charge is 2.65. The van der Waals surface area contributed by atoms with E-state index in [-0.39, 0.29) is 49.9 Å². The smallest absolute Gasteiger partial charge is 0.239 e. The molecule has 3 aromatic rings. The van der Waals surface area contributed by atoms with Crippen LogP contribution in [-0.2, 0) is 25.5 Å². The predicted molar refractivity (Wildman–Crippen MR) is 244 cm³/mol. The van der Waals surface area contributed by atoms with Crippen LogP contribution >= 0.6 is 0 Å². The van der Waals surface area contributed by atoms with E-state index in [4.69, 9.17) is 33.7 Å². The molecule has 7 rings (SSSR count). The minimum Gasteiger partial charge on any atom is -0.497 e. The first-order chi connectivity index (χ1) is 30.7. The van der Waals surface area contributed by atoms with Crippen LogP contribution in [0, 0.1) is 31.6 Å². The van der Waals surface area contributed by atoms with Gasteiger partial charge in [-0.15, -0.1) is 6.58 Å². The van der Waals surface area contributed by atoms with Gasteiger partial charge in [-0.05, 0) is 135 Å². The van der Waals surface area contributed by atoms with E-state index in [0.29, 0.717) is 56.1 Å². The number of ether oxygens (including phenoxy) is 5. The Morgan fingerprint density at radius 3 is 2.49 bits per heavy atom. The zero-order chi connectivity index (χ0) is 44.3. The summed E-state index contributed by atoms with van der Waals surface area (Å²) in [5.74, 6) is 1.02. The van der Waals surface area contributed by atoms with E-state index in [9.17, 15) is 15.0 Å². The summed E-state index contributed by atoms with van der Waals surface area (Å²) in [5, 5.41) is 25.0. The van der Waals surface area contributed by atoms with Gasteiger partial charge in [-0.2, -0.15) is 0 Å². The molecule has 0 aromatic heterocycles. The summed E-state index contributed by atoms with van der Waals surface area (Å²) >= 11 is 0. The molecule has 1 saturated carbocycles. The van der Waals surface area contributed by atoms with Crippen LogP contribution in [0.1, 0.15) is 106 Å². The summed E-state index contributed by atoms with van der Waals surface area (Å²) in [6, 6.07) is 19.3. The number of amides is 1. The Bertz CT molecular complexity index is 2080. The quantitative estimate of drug-likeness (QED) is 0.0611. The minimum absolute atomic E-state index is 0.0553. The van der Waals surface area contributed by atoms with E-state index in [1.54, 1.807) is 13.2 Å². The topological polar surface area (TPSA) is 129 Å². The largest absolute Gasteiger partial charge is 0.497 e. The van der Waals surface area contributed by atoms with Gasteiger partial charge >= 0.3 is 0 Å². The summed E-state index contributed by atoms with van der Waals surface area (Å²) in [5.41, 5.74) is 5.94. The molecule has 3 aromatic carbocycles. The number of benzene rings is 3. The lowest BCUT2D eigenvalue weighted by Crippen LogP contribution is -2.70. The number of carbonyl (C=O) groups excluding carboxylic acids is 1. The second-order valence-corrected chi connectivity index (χ2v) is 17.6. The summed E-state index contributed by atoms with van der Waals surface area (Å²) in [4.78, 5) is 23.3. The zero-order valence-corrected chi connectivity index (χ0v) is 37.8. The van der Waals surface area contributed by atoms with Crippen LogP contribution in [-0.4, -0.2) is 84.9 Å². The summed E-state index contributed by atoms with van der Waals surface area (Å²) in [6.07, 6.45) is 12.3. The first kappa shape index (κ1) is 46.3. The van der Waals surface area contributed by atoms with Gasteiger partial charge in [0, 0.05) is 44.1 Å². The van der Waals surface area contributed by atoms with E-state index in [1.807, 2.05) is 47.4 Å². The molecule has 2 aliphatic carbocycles. The van der Waals surface area contributed by atoms with E-state index in [0.717, 1.165) is 78.7 Å². The second kappa shape index (κ2) is 21.8. The van der Waals surface area contributed by atoms with Crippen LogP contribution in [0.4, 0.5) is 0 Å².